The third kappa shape index (κ3) is 2.76. The molecule has 0 bridgehead atoms. The van der Waals surface area contributed by atoms with Crippen molar-refractivity contribution in [1.29, 1.82) is 0 Å². The Morgan fingerprint density at radius 1 is 1.25 bits per heavy atom. The number of hydrogen-bond donors (Lipinski definition) is 1. The maximum atomic E-state index is 6.17. The number of nitrogen functional groups attached to an aromatic ring is 1. The van der Waals surface area contributed by atoms with E-state index in [1.54, 1.807) is 12.4 Å². The summed E-state index contributed by atoms with van der Waals surface area (Å²) >= 11 is 0. The van der Waals surface area contributed by atoms with E-state index in [-0.39, 0.29) is 0 Å². The number of furan rings is 1. The van der Waals surface area contributed by atoms with Gasteiger partial charge in [0.25, 0.3) is 0 Å². The first-order valence-corrected chi connectivity index (χ1v) is 8.54. The van der Waals surface area contributed by atoms with Gasteiger partial charge in [0, 0.05) is 35.5 Å². The second-order valence-corrected chi connectivity index (χ2v) is 6.57. The molecule has 0 spiro atoms. The normalized spacial score (nSPS) is 18.5. The number of aromatic nitrogens is 2. The molecule has 2 N–H and O–H groups in total. The second-order valence-electron chi connectivity index (χ2n) is 6.57. The van der Waals surface area contributed by atoms with Gasteiger partial charge in [0.05, 0.1) is 18.1 Å². The minimum atomic E-state index is 0.612. The van der Waals surface area contributed by atoms with Gasteiger partial charge in [-0.25, -0.2) is 0 Å². The van der Waals surface area contributed by atoms with E-state index >= 15 is 0 Å². The van der Waals surface area contributed by atoms with Crippen molar-refractivity contribution >= 4 is 16.7 Å². The van der Waals surface area contributed by atoms with Crippen molar-refractivity contribution in [3.63, 3.8) is 0 Å². The van der Waals surface area contributed by atoms with Gasteiger partial charge >= 0.3 is 0 Å². The third-order valence-corrected chi connectivity index (χ3v) is 4.98. The molecule has 0 amide bonds. The van der Waals surface area contributed by atoms with Crippen molar-refractivity contribution < 1.29 is 4.42 Å². The summed E-state index contributed by atoms with van der Waals surface area (Å²) in [6, 6.07) is 8.96. The Morgan fingerprint density at radius 3 is 2.92 bits per heavy atom. The van der Waals surface area contributed by atoms with Gasteiger partial charge in [-0.2, -0.15) is 10.2 Å². The number of likely N-dealkylation sites (tertiary alicyclic amines) is 1. The summed E-state index contributed by atoms with van der Waals surface area (Å²) in [6.07, 6.45) is 6.81. The van der Waals surface area contributed by atoms with Gasteiger partial charge in [-0.3, -0.25) is 0 Å². The van der Waals surface area contributed by atoms with Gasteiger partial charge < -0.3 is 15.1 Å². The average molecular weight is 322 g/mol. The summed E-state index contributed by atoms with van der Waals surface area (Å²) in [5.41, 5.74) is 9.38. The van der Waals surface area contributed by atoms with Crippen LogP contribution in [-0.4, -0.2) is 34.2 Å². The molecule has 3 heterocycles. The molecular weight excluding hydrogens is 300 g/mol. The molecule has 1 aromatic carbocycles. The number of fused-ring (bicyclic) bond motifs is 1. The van der Waals surface area contributed by atoms with Crippen LogP contribution in [-0.2, 0) is 6.42 Å². The van der Waals surface area contributed by atoms with Crippen molar-refractivity contribution in [2.24, 2.45) is 0 Å². The molecule has 5 heteroatoms. The molecule has 0 aliphatic carbocycles. The molecular formula is C19H22N4O. The molecule has 1 fully saturated rings. The van der Waals surface area contributed by atoms with Crippen LogP contribution in [0.3, 0.4) is 0 Å². The summed E-state index contributed by atoms with van der Waals surface area (Å²) in [5.74, 6) is 1.03. The molecule has 1 saturated heterocycles. The molecule has 1 aliphatic rings. The number of nitrogens with zero attached hydrogens (tertiary/aromatic N) is 3. The van der Waals surface area contributed by atoms with Gasteiger partial charge in [0.1, 0.15) is 11.3 Å². The van der Waals surface area contributed by atoms with Crippen LogP contribution >= 0.6 is 0 Å². The Bertz CT molecular complexity index is 857. The highest BCUT2D eigenvalue weighted by Gasteiger charge is 2.20. The lowest BCUT2D eigenvalue weighted by atomic mass is 10.0. The van der Waals surface area contributed by atoms with Crippen molar-refractivity contribution in [2.75, 3.05) is 18.8 Å². The minimum Gasteiger partial charge on any atom is -0.460 e. The van der Waals surface area contributed by atoms with E-state index in [2.05, 4.69) is 34.2 Å². The molecule has 2 aromatic heterocycles. The lowest BCUT2D eigenvalue weighted by Crippen LogP contribution is -2.28. The van der Waals surface area contributed by atoms with Crippen LogP contribution in [0.5, 0.6) is 0 Å². The Kier molecular flexibility index (Phi) is 3.94. The first-order chi connectivity index (χ1) is 11.7. The number of hydrogen-bond acceptors (Lipinski definition) is 5. The zero-order chi connectivity index (χ0) is 16.5. The van der Waals surface area contributed by atoms with Crippen LogP contribution in [0.25, 0.3) is 22.1 Å². The predicted molar refractivity (Wildman–Crippen MR) is 95.6 cm³/mol. The second kappa shape index (κ2) is 6.24. The first-order valence-electron chi connectivity index (χ1n) is 8.54. The largest absolute Gasteiger partial charge is 0.460 e. The fourth-order valence-electron chi connectivity index (χ4n) is 3.59. The quantitative estimate of drug-likeness (QED) is 0.796. The summed E-state index contributed by atoms with van der Waals surface area (Å²) in [5, 5.41) is 8.88. The van der Waals surface area contributed by atoms with Crippen LogP contribution in [0.4, 0.5) is 5.69 Å². The van der Waals surface area contributed by atoms with Crippen LogP contribution in [0.2, 0.25) is 0 Å². The van der Waals surface area contributed by atoms with E-state index in [0.29, 0.717) is 11.7 Å². The minimum absolute atomic E-state index is 0.612. The molecule has 1 atom stereocenters. The van der Waals surface area contributed by atoms with E-state index in [4.69, 9.17) is 10.2 Å². The van der Waals surface area contributed by atoms with E-state index in [9.17, 15) is 0 Å². The van der Waals surface area contributed by atoms with Crippen LogP contribution in [0.1, 0.15) is 25.5 Å². The van der Waals surface area contributed by atoms with Crippen molar-refractivity contribution in [3.05, 3.63) is 42.4 Å². The van der Waals surface area contributed by atoms with Crippen LogP contribution in [0, 0.1) is 0 Å². The maximum absolute atomic E-state index is 6.17. The lowest BCUT2D eigenvalue weighted by Gasteiger charge is -2.19. The lowest BCUT2D eigenvalue weighted by molar-refractivity contribution is 0.266. The van der Waals surface area contributed by atoms with E-state index < -0.39 is 0 Å². The maximum Gasteiger partial charge on any atom is 0.142 e. The molecule has 3 aromatic rings. The number of nitrogens with two attached hydrogens (primary N) is 1. The Morgan fingerprint density at radius 2 is 2.12 bits per heavy atom. The van der Waals surface area contributed by atoms with Gasteiger partial charge in [-0.05, 0) is 32.4 Å². The van der Waals surface area contributed by atoms with Gasteiger partial charge in [0.2, 0.25) is 0 Å². The van der Waals surface area contributed by atoms with E-state index in [1.807, 2.05) is 12.1 Å². The fraction of sp³-hybridized carbons (Fsp3) is 0.368. The molecule has 4 rings (SSSR count). The predicted octanol–water partition coefficient (Wildman–Crippen LogP) is 3.50. The summed E-state index contributed by atoms with van der Waals surface area (Å²) < 4.78 is 6.17. The molecule has 24 heavy (non-hydrogen) atoms. The van der Waals surface area contributed by atoms with Gasteiger partial charge in [0.15, 0.2) is 0 Å². The van der Waals surface area contributed by atoms with Crippen LogP contribution < -0.4 is 5.73 Å². The van der Waals surface area contributed by atoms with Crippen LogP contribution in [0.15, 0.2) is 41.1 Å². The molecule has 1 aliphatic heterocycles. The first kappa shape index (κ1) is 15.1. The Hall–Kier alpha value is -2.40. The molecule has 0 radical (unpaired) electrons. The summed E-state index contributed by atoms with van der Waals surface area (Å²) in [7, 11) is 0. The summed E-state index contributed by atoms with van der Waals surface area (Å²) in [4.78, 5) is 2.54. The molecule has 124 valence electrons. The average Bonchev–Trinajstić information content (AvgIpc) is 3.18. The van der Waals surface area contributed by atoms with E-state index in [0.717, 1.165) is 40.8 Å². The van der Waals surface area contributed by atoms with Gasteiger partial charge in [-0.15, -0.1) is 0 Å². The SMILES string of the molecule is CC1CCCN1CCc1cc2cccc(-c3cnncc3N)c2o1. The topological polar surface area (TPSA) is 68.2 Å². The number of para-hydroxylation sites is 1. The zero-order valence-electron chi connectivity index (χ0n) is 13.9. The van der Waals surface area contributed by atoms with Gasteiger partial charge in [-0.1, -0.05) is 18.2 Å². The van der Waals surface area contributed by atoms with Crippen molar-refractivity contribution in [3.8, 4) is 11.1 Å². The third-order valence-electron chi connectivity index (χ3n) is 4.98. The fourth-order valence-corrected chi connectivity index (χ4v) is 3.59. The monoisotopic (exact) mass is 322 g/mol. The smallest absolute Gasteiger partial charge is 0.142 e. The van der Waals surface area contributed by atoms with Crippen molar-refractivity contribution in [2.45, 2.75) is 32.2 Å². The number of anilines is 1. The summed E-state index contributed by atoms with van der Waals surface area (Å²) in [6.45, 7) is 4.56. The highest BCUT2D eigenvalue weighted by atomic mass is 16.3. The van der Waals surface area contributed by atoms with Crippen molar-refractivity contribution in [1.82, 2.24) is 15.1 Å². The van der Waals surface area contributed by atoms with E-state index in [1.165, 1.54) is 19.4 Å². The Balaban J connectivity index is 1.64. The molecule has 0 saturated carbocycles. The highest BCUT2D eigenvalue weighted by Crippen LogP contribution is 2.33. The standard InChI is InChI=1S/C19H22N4O/c1-13-4-3-8-23(13)9-7-15-10-14-5-2-6-16(19(14)24-15)17-11-21-22-12-18(17)20/h2,5-6,10-13H,3-4,7-9H2,1H3,(H2,20,21). The number of rotatable bonds is 4. The Labute approximate surface area is 141 Å². The zero-order valence-corrected chi connectivity index (χ0v) is 13.9. The molecule has 5 nitrogen and oxygen atoms in total. The molecule has 1 unspecified atom stereocenters. The number of benzene rings is 1. The highest BCUT2D eigenvalue weighted by molar-refractivity contribution is 5.95.